The van der Waals surface area contributed by atoms with E-state index in [1.165, 1.54) is 25.6 Å². The Morgan fingerprint density at radius 2 is 2.28 bits per heavy atom. The van der Waals surface area contributed by atoms with Gasteiger partial charge < -0.3 is 4.74 Å². The van der Waals surface area contributed by atoms with Crippen LogP contribution in [0.3, 0.4) is 0 Å². The van der Waals surface area contributed by atoms with Gasteiger partial charge in [0.1, 0.15) is 12.1 Å². The molecule has 2 saturated carbocycles. The Balaban J connectivity index is 1.67. The number of Topliss-reactive ketones (excluding diaryl/α,β-unsaturated/α-hetero) is 1. The van der Waals surface area contributed by atoms with Crippen LogP contribution < -0.4 is 4.74 Å². The molecular weight excluding hydrogens is 228 g/mol. The van der Waals surface area contributed by atoms with E-state index in [-0.39, 0.29) is 5.92 Å². The van der Waals surface area contributed by atoms with Gasteiger partial charge in [-0.05, 0) is 31.1 Å². The van der Waals surface area contributed by atoms with E-state index in [0.717, 1.165) is 18.0 Å². The highest BCUT2D eigenvalue weighted by atomic mass is 16.5. The fraction of sp³-hybridized carbons (Fsp3) is 0.643. The van der Waals surface area contributed by atoms with Gasteiger partial charge in [0, 0.05) is 18.4 Å². The van der Waals surface area contributed by atoms with Crippen molar-refractivity contribution in [3.63, 3.8) is 0 Å². The minimum absolute atomic E-state index is 0.282. The van der Waals surface area contributed by atoms with Crippen LogP contribution in [0.25, 0.3) is 0 Å². The Bertz CT molecular complexity index is 461. The van der Waals surface area contributed by atoms with Gasteiger partial charge in [-0.25, -0.2) is 9.97 Å². The summed E-state index contributed by atoms with van der Waals surface area (Å²) in [7, 11) is 1.57. The van der Waals surface area contributed by atoms with Crippen LogP contribution in [0.1, 0.15) is 31.4 Å². The standard InChI is InChI=1S/C14H18N2O2/c1-18-14-7-11(15-8-16-14)6-13(17)12-5-9-2-3-10(12)4-9/h7-10,12H,2-6H2,1H3. The molecule has 0 saturated heterocycles. The maximum absolute atomic E-state index is 12.3. The van der Waals surface area contributed by atoms with Crippen molar-refractivity contribution in [1.29, 1.82) is 0 Å². The van der Waals surface area contributed by atoms with Crippen molar-refractivity contribution in [2.24, 2.45) is 17.8 Å². The Kier molecular flexibility index (Phi) is 3.02. The molecule has 2 aliphatic carbocycles. The third-order valence-corrected chi connectivity index (χ3v) is 4.41. The minimum Gasteiger partial charge on any atom is -0.481 e. The lowest BCUT2D eigenvalue weighted by atomic mass is 9.84. The van der Waals surface area contributed by atoms with Crippen LogP contribution in [-0.2, 0) is 11.2 Å². The molecule has 0 aliphatic heterocycles. The molecule has 0 radical (unpaired) electrons. The van der Waals surface area contributed by atoms with Crippen molar-refractivity contribution in [1.82, 2.24) is 9.97 Å². The van der Waals surface area contributed by atoms with Gasteiger partial charge in [-0.15, -0.1) is 0 Å². The number of carbonyl (C=O) groups excluding carboxylic acids is 1. The predicted molar refractivity (Wildman–Crippen MR) is 66.2 cm³/mol. The molecule has 0 amide bonds. The average molecular weight is 246 g/mol. The van der Waals surface area contributed by atoms with Crippen LogP contribution >= 0.6 is 0 Å². The van der Waals surface area contributed by atoms with Gasteiger partial charge in [0.05, 0.1) is 12.8 Å². The van der Waals surface area contributed by atoms with Crippen LogP contribution in [0.4, 0.5) is 0 Å². The van der Waals surface area contributed by atoms with E-state index in [0.29, 0.717) is 24.0 Å². The second-order valence-electron chi connectivity index (χ2n) is 5.48. The molecule has 4 nitrogen and oxygen atoms in total. The lowest BCUT2D eigenvalue weighted by molar-refractivity contribution is -0.123. The van der Waals surface area contributed by atoms with Gasteiger partial charge in [0.15, 0.2) is 0 Å². The van der Waals surface area contributed by atoms with Gasteiger partial charge in [0.2, 0.25) is 5.88 Å². The molecule has 1 aromatic rings. The maximum atomic E-state index is 12.3. The highest BCUT2D eigenvalue weighted by Crippen LogP contribution is 2.48. The molecule has 0 aromatic carbocycles. The number of ether oxygens (including phenoxy) is 1. The number of carbonyl (C=O) groups is 1. The molecule has 2 aliphatic rings. The molecular formula is C14H18N2O2. The molecule has 4 heteroatoms. The Hall–Kier alpha value is -1.45. The number of nitrogens with zero attached hydrogens (tertiary/aromatic N) is 2. The smallest absolute Gasteiger partial charge is 0.216 e. The van der Waals surface area contributed by atoms with Gasteiger partial charge >= 0.3 is 0 Å². The van der Waals surface area contributed by atoms with E-state index < -0.39 is 0 Å². The van der Waals surface area contributed by atoms with Crippen molar-refractivity contribution in [3.05, 3.63) is 18.1 Å². The molecule has 3 unspecified atom stereocenters. The molecule has 18 heavy (non-hydrogen) atoms. The Labute approximate surface area is 107 Å². The molecule has 3 atom stereocenters. The maximum Gasteiger partial charge on any atom is 0.216 e. The number of hydrogen-bond donors (Lipinski definition) is 0. The third kappa shape index (κ3) is 2.11. The first-order valence-corrected chi connectivity index (χ1v) is 6.64. The molecule has 1 aromatic heterocycles. The zero-order valence-electron chi connectivity index (χ0n) is 10.6. The van der Waals surface area contributed by atoms with E-state index in [4.69, 9.17) is 4.74 Å². The van der Waals surface area contributed by atoms with Crippen LogP contribution in [0.2, 0.25) is 0 Å². The van der Waals surface area contributed by atoms with Crippen LogP contribution in [0.15, 0.2) is 12.4 Å². The zero-order valence-corrected chi connectivity index (χ0v) is 10.6. The summed E-state index contributed by atoms with van der Waals surface area (Å²) >= 11 is 0. The minimum atomic E-state index is 0.282. The third-order valence-electron chi connectivity index (χ3n) is 4.41. The second-order valence-corrected chi connectivity index (χ2v) is 5.48. The molecule has 2 fully saturated rings. The summed E-state index contributed by atoms with van der Waals surface area (Å²) in [4.78, 5) is 20.4. The first-order chi connectivity index (χ1) is 8.76. The summed E-state index contributed by atoms with van der Waals surface area (Å²) in [5, 5.41) is 0. The molecule has 0 N–H and O–H groups in total. The SMILES string of the molecule is COc1cc(CC(=O)C2CC3CCC2C3)ncn1. The average Bonchev–Trinajstić information content (AvgIpc) is 3.01. The van der Waals surface area contributed by atoms with E-state index in [9.17, 15) is 4.79 Å². The van der Waals surface area contributed by atoms with Gasteiger partial charge in [-0.1, -0.05) is 6.42 Å². The van der Waals surface area contributed by atoms with Gasteiger partial charge in [-0.3, -0.25) is 4.79 Å². The molecule has 0 spiro atoms. The highest BCUT2D eigenvalue weighted by Gasteiger charge is 2.42. The molecule has 3 rings (SSSR count). The van der Waals surface area contributed by atoms with Crippen molar-refractivity contribution < 1.29 is 9.53 Å². The number of ketones is 1. The van der Waals surface area contributed by atoms with E-state index >= 15 is 0 Å². The number of rotatable bonds is 4. The number of aromatic nitrogens is 2. The van der Waals surface area contributed by atoms with Crippen molar-refractivity contribution in [2.45, 2.75) is 32.1 Å². The first kappa shape index (κ1) is 11.6. The van der Waals surface area contributed by atoms with Crippen molar-refractivity contribution in [2.75, 3.05) is 7.11 Å². The lowest BCUT2D eigenvalue weighted by Crippen LogP contribution is -2.23. The van der Waals surface area contributed by atoms with E-state index in [1.54, 1.807) is 13.2 Å². The van der Waals surface area contributed by atoms with Crippen molar-refractivity contribution in [3.8, 4) is 5.88 Å². The van der Waals surface area contributed by atoms with Crippen LogP contribution in [-0.4, -0.2) is 22.9 Å². The molecule has 2 bridgehead atoms. The number of fused-ring (bicyclic) bond motifs is 2. The lowest BCUT2D eigenvalue weighted by Gasteiger charge is -2.20. The summed E-state index contributed by atoms with van der Waals surface area (Å²) in [6.07, 6.45) is 6.83. The summed E-state index contributed by atoms with van der Waals surface area (Å²) in [6, 6.07) is 1.76. The van der Waals surface area contributed by atoms with Gasteiger partial charge in [-0.2, -0.15) is 0 Å². The quantitative estimate of drug-likeness (QED) is 0.815. The number of methoxy groups -OCH3 is 1. The molecule has 1 heterocycles. The normalized spacial score (nSPS) is 29.5. The number of hydrogen-bond acceptors (Lipinski definition) is 4. The predicted octanol–water partition coefficient (Wildman–Crippen LogP) is 2.03. The fourth-order valence-corrected chi connectivity index (χ4v) is 3.53. The van der Waals surface area contributed by atoms with Gasteiger partial charge in [0.25, 0.3) is 0 Å². The Morgan fingerprint density at radius 1 is 1.39 bits per heavy atom. The van der Waals surface area contributed by atoms with E-state index in [2.05, 4.69) is 9.97 Å². The Morgan fingerprint density at radius 3 is 2.94 bits per heavy atom. The van der Waals surface area contributed by atoms with Crippen LogP contribution in [0.5, 0.6) is 5.88 Å². The highest BCUT2D eigenvalue weighted by molar-refractivity contribution is 5.83. The zero-order chi connectivity index (χ0) is 12.5. The van der Waals surface area contributed by atoms with Crippen molar-refractivity contribution >= 4 is 5.78 Å². The summed E-state index contributed by atoms with van der Waals surface area (Å²) < 4.78 is 5.05. The van der Waals surface area contributed by atoms with Crippen LogP contribution in [0, 0.1) is 17.8 Å². The largest absolute Gasteiger partial charge is 0.481 e. The second kappa shape index (κ2) is 4.67. The summed E-state index contributed by atoms with van der Waals surface area (Å²) in [5.41, 5.74) is 0.773. The topological polar surface area (TPSA) is 52.1 Å². The first-order valence-electron chi connectivity index (χ1n) is 6.64. The summed E-state index contributed by atoms with van der Waals surface area (Å²) in [6.45, 7) is 0. The van der Waals surface area contributed by atoms with E-state index in [1.807, 2.05) is 0 Å². The fourth-order valence-electron chi connectivity index (χ4n) is 3.53. The molecule has 96 valence electrons. The monoisotopic (exact) mass is 246 g/mol. The summed E-state index contributed by atoms with van der Waals surface area (Å²) in [5.74, 6) is 2.61.